The third-order valence-electron chi connectivity index (χ3n) is 4.67. The third-order valence-corrected chi connectivity index (χ3v) is 5.54. The Hall–Kier alpha value is -1.72. The zero-order chi connectivity index (χ0) is 16.4. The lowest BCUT2D eigenvalue weighted by Gasteiger charge is -2.33. The highest BCUT2D eigenvalue weighted by Crippen LogP contribution is 2.28. The molecule has 1 aliphatic rings. The Balaban J connectivity index is 1.71. The second-order valence-electron chi connectivity index (χ2n) is 6.34. The number of aromatic nitrogens is 1. The molecule has 4 nitrogen and oxygen atoms in total. The number of nitrogens with two attached hydrogens (primary N) is 1. The lowest BCUT2D eigenvalue weighted by Crippen LogP contribution is -2.42. The van der Waals surface area contributed by atoms with Crippen LogP contribution in [0.4, 0.5) is 0 Å². The molecule has 1 aliphatic heterocycles. The van der Waals surface area contributed by atoms with Gasteiger partial charge in [0.25, 0.3) is 5.91 Å². The summed E-state index contributed by atoms with van der Waals surface area (Å²) < 4.78 is 0. The molecule has 23 heavy (non-hydrogen) atoms. The van der Waals surface area contributed by atoms with E-state index in [9.17, 15) is 4.79 Å². The van der Waals surface area contributed by atoms with Gasteiger partial charge in [0.05, 0.1) is 0 Å². The monoisotopic (exact) mass is 329 g/mol. The molecule has 2 N–H and O–H groups in total. The first kappa shape index (κ1) is 16.1. The van der Waals surface area contributed by atoms with Crippen molar-refractivity contribution in [2.75, 3.05) is 13.1 Å². The summed E-state index contributed by atoms with van der Waals surface area (Å²) in [5, 5.41) is 2.79. The number of carbonyl (C=O) groups excluding carboxylic acids is 1. The van der Waals surface area contributed by atoms with Crippen LogP contribution in [0.3, 0.4) is 0 Å². The zero-order valence-electron chi connectivity index (χ0n) is 13.7. The van der Waals surface area contributed by atoms with Crippen LogP contribution in [0.1, 0.15) is 35.8 Å². The second-order valence-corrected chi connectivity index (χ2v) is 7.20. The lowest BCUT2D eigenvalue weighted by molar-refractivity contribution is 0.0676. The van der Waals surface area contributed by atoms with E-state index < -0.39 is 0 Å². The number of piperidine rings is 1. The predicted octanol–water partition coefficient (Wildman–Crippen LogP) is 3.32. The van der Waals surface area contributed by atoms with Gasteiger partial charge in [-0.3, -0.25) is 4.79 Å². The smallest absolute Gasteiger partial charge is 0.273 e. The second kappa shape index (κ2) is 6.81. The molecule has 1 saturated heterocycles. The van der Waals surface area contributed by atoms with E-state index in [0.717, 1.165) is 36.5 Å². The van der Waals surface area contributed by atoms with Gasteiger partial charge in [-0.15, -0.1) is 11.3 Å². The first-order chi connectivity index (χ1) is 11.1. The van der Waals surface area contributed by atoms with Crippen LogP contribution in [-0.4, -0.2) is 34.9 Å². The SMILES string of the molecule is Cc1ccccc1-c1nc(C(=O)N2CCC(C(C)N)CC2)cs1. The normalized spacial score (nSPS) is 17.3. The highest BCUT2D eigenvalue weighted by atomic mass is 32.1. The van der Waals surface area contributed by atoms with Crippen LogP contribution in [-0.2, 0) is 0 Å². The summed E-state index contributed by atoms with van der Waals surface area (Å²) in [4.78, 5) is 19.1. The van der Waals surface area contributed by atoms with Gasteiger partial charge in [-0.05, 0) is 38.2 Å². The number of nitrogens with zero attached hydrogens (tertiary/aromatic N) is 2. The molecule has 0 bridgehead atoms. The summed E-state index contributed by atoms with van der Waals surface area (Å²) in [6.45, 7) is 5.68. The Labute approximate surface area is 141 Å². The average Bonchev–Trinajstić information content (AvgIpc) is 3.04. The third kappa shape index (κ3) is 3.46. The molecule has 0 saturated carbocycles. The van der Waals surface area contributed by atoms with Gasteiger partial charge in [0.15, 0.2) is 0 Å². The van der Waals surface area contributed by atoms with Gasteiger partial charge in [0.2, 0.25) is 0 Å². The van der Waals surface area contributed by atoms with Crippen molar-refractivity contribution >= 4 is 17.2 Å². The number of hydrogen-bond donors (Lipinski definition) is 1. The summed E-state index contributed by atoms with van der Waals surface area (Å²) in [7, 11) is 0. The fraction of sp³-hybridized carbons (Fsp3) is 0.444. The van der Waals surface area contributed by atoms with E-state index in [2.05, 4.69) is 31.0 Å². The molecule has 3 rings (SSSR count). The molecule has 1 fully saturated rings. The minimum absolute atomic E-state index is 0.0456. The molecular weight excluding hydrogens is 306 g/mol. The van der Waals surface area contributed by atoms with E-state index >= 15 is 0 Å². The molecule has 2 heterocycles. The van der Waals surface area contributed by atoms with E-state index in [-0.39, 0.29) is 11.9 Å². The zero-order valence-corrected chi connectivity index (χ0v) is 14.5. The molecule has 1 unspecified atom stereocenters. The van der Waals surface area contributed by atoms with E-state index in [1.54, 1.807) is 0 Å². The lowest BCUT2D eigenvalue weighted by atomic mass is 9.91. The van der Waals surface area contributed by atoms with Crippen molar-refractivity contribution < 1.29 is 4.79 Å². The van der Waals surface area contributed by atoms with E-state index in [1.165, 1.54) is 16.9 Å². The van der Waals surface area contributed by atoms with Gasteiger partial charge in [-0.25, -0.2) is 4.98 Å². The number of amides is 1. The Kier molecular flexibility index (Phi) is 4.78. The van der Waals surface area contributed by atoms with Gasteiger partial charge in [-0.2, -0.15) is 0 Å². The number of aryl methyl sites for hydroxylation is 1. The number of rotatable bonds is 3. The summed E-state index contributed by atoms with van der Waals surface area (Å²) in [5.74, 6) is 0.571. The van der Waals surface area contributed by atoms with Gasteiger partial charge < -0.3 is 10.6 Å². The topological polar surface area (TPSA) is 59.2 Å². The minimum atomic E-state index is 0.0456. The number of hydrogen-bond acceptors (Lipinski definition) is 4. The first-order valence-corrected chi connectivity index (χ1v) is 9.00. The van der Waals surface area contributed by atoms with Crippen LogP contribution in [0, 0.1) is 12.8 Å². The van der Waals surface area contributed by atoms with E-state index in [0.29, 0.717) is 11.6 Å². The molecule has 122 valence electrons. The molecule has 5 heteroatoms. The molecule has 1 atom stereocenters. The maximum atomic E-state index is 12.6. The van der Waals surface area contributed by atoms with Crippen LogP contribution in [0.15, 0.2) is 29.6 Å². The highest BCUT2D eigenvalue weighted by molar-refractivity contribution is 7.13. The summed E-state index contributed by atoms with van der Waals surface area (Å²) in [5.41, 5.74) is 8.81. The van der Waals surface area contributed by atoms with Crippen LogP contribution in [0.25, 0.3) is 10.6 Å². The molecule has 1 amide bonds. The van der Waals surface area contributed by atoms with Crippen LogP contribution < -0.4 is 5.73 Å². The van der Waals surface area contributed by atoms with Gasteiger partial charge in [-0.1, -0.05) is 24.3 Å². The number of thiazole rings is 1. The molecule has 1 aromatic carbocycles. The number of benzene rings is 1. The van der Waals surface area contributed by atoms with Crippen molar-refractivity contribution in [2.45, 2.75) is 32.7 Å². The van der Waals surface area contributed by atoms with Crippen molar-refractivity contribution in [1.29, 1.82) is 0 Å². The molecule has 0 aliphatic carbocycles. The van der Waals surface area contributed by atoms with Crippen molar-refractivity contribution in [1.82, 2.24) is 9.88 Å². The van der Waals surface area contributed by atoms with Crippen molar-refractivity contribution in [3.63, 3.8) is 0 Å². The summed E-state index contributed by atoms with van der Waals surface area (Å²) in [6.07, 6.45) is 1.97. The maximum Gasteiger partial charge on any atom is 0.273 e. The van der Waals surface area contributed by atoms with Crippen LogP contribution in [0.5, 0.6) is 0 Å². The number of carbonyl (C=O) groups is 1. The Morgan fingerprint density at radius 3 is 2.70 bits per heavy atom. The van der Waals surface area contributed by atoms with Crippen molar-refractivity contribution in [3.8, 4) is 10.6 Å². The van der Waals surface area contributed by atoms with Gasteiger partial charge in [0.1, 0.15) is 10.7 Å². The summed E-state index contributed by atoms with van der Waals surface area (Å²) in [6, 6.07) is 8.35. The van der Waals surface area contributed by atoms with Crippen LogP contribution >= 0.6 is 11.3 Å². The summed E-state index contributed by atoms with van der Waals surface area (Å²) >= 11 is 1.54. The predicted molar refractivity (Wildman–Crippen MR) is 94.6 cm³/mol. The fourth-order valence-electron chi connectivity index (χ4n) is 3.10. The first-order valence-electron chi connectivity index (χ1n) is 8.12. The van der Waals surface area contributed by atoms with Crippen molar-refractivity contribution in [2.24, 2.45) is 11.7 Å². The fourth-order valence-corrected chi connectivity index (χ4v) is 3.98. The Bertz CT molecular complexity index is 687. The van der Waals surface area contributed by atoms with Gasteiger partial charge >= 0.3 is 0 Å². The molecular formula is C18H23N3OS. The maximum absolute atomic E-state index is 12.6. The van der Waals surface area contributed by atoms with E-state index in [1.807, 2.05) is 22.4 Å². The average molecular weight is 329 g/mol. The standard InChI is InChI=1S/C18H23N3OS/c1-12-5-3-4-6-15(12)17-20-16(11-23-17)18(22)21-9-7-14(8-10-21)13(2)19/h3-6,11,13-14H,7-10,19H2,1-2H3. The molecule has 0 spiro atoms. The highest BCUT2D eigenvalue weighted by Gasteiger charge is 2.26. The largest absolute Gasteiger partial charge is 0.337 e. The Morgan fingerprint density at radius 2 is 2.04 bits per heavy atom. The molecule has 1 aromatic heterocycles. The molecule has 0 radical (unpaired) electrons. The van der Waals surface area contributed by atoms with Gasteiger partial charge in [0, 0.05) is 30.1 Å². The quantitative estimate of drug-likeness (QED) is 0.940. The molecule has 2 aromatic rings. The Morgan fingerprint density at radius 1 is 1.35 bits per heavy atom. The number of likely N-dealkylation sites (tertiary alicyclic amines) is 1. The van der Waals surface area contributed by atoms with E-state index in [4.69, 9.17) is 5.73 Å². The minimum Gasteiger partial charge on any atom is -0.337 e. The van der Waals surface area contributed by atoms with Crippen LogP contribution in [0.2, 0.25) is 0 Å². The van der Waals surface area contributed by atoms with Crippen molar-refractivity contribution in [3.05, 3.63) is 40.9 Å².